The van der Waals surface area contributed by atoms with Crippen molar-refractivity contribution in [2.75, 3.05) is 0 Å². The van der Waals surface area contributed by atoms with E-state index in [-0.39, 0.29) is 0 Å². The maximum Gasteiger partial charge on any atom is 0.0733 e. The van der Waals surface area contributed by atoms with Crippen molar-refractivity contribution in [3.63, 3.8) is 0 Å². The molecule has 0 bridgehead atoms. The van der Waals surface area contributed by atoms with Gasteiger partial charge in [-0.25, -0.2) is 0 Å². The number of fused-ring (bicyclic) bond motifs is 1. The first-order chi connectivity index (χ1) is 10.8. The maximum absolute atomic E-state index is 4.54. The number of halogens is 1. The van der Waals surface area contributed by atoms with Gasteiger partial charge in [0, 0.05) is 16.1 Å². The Hall–Kier alpha value is -1.67. The van der Waals surface area contributed by atoms with Crippen molar-refractivity contribution >= 4 is 26.8 Å². The lowest BCUT2D eigenvalue weighted by molar-refractivity contribution is 0.632. The molecule has 0 aliphatic rings. The Kier molecular flexibility index (Phi) is 4.89. The Bertz CT molecular complexity index is 761. The lowest BCUT2D eigenvalue weighted by Gasteiger charge is -2.14. The van der Waals surface area contributed by atoms with Crippen LogP contribution in [0.1, 0.15) is 36.8 Å². The first-order valence-electron chi connectivity index (χ1n) is 7.83. The van der Waals surface area contributed by atoms with Crippen molar-refractivity contribution in [2.45, 2.75) is 32.1 Å². The molecule has 0 radical (unpaired) electrons. The molecule has 0 spiro atoms. The Morgan fingerprint density at radius 3 is 2.68 bits per heavy atom. The van der Waals surface area contributed by atoms with Crippen LogP contribution in [0.5, 0.6) is 0 Å². The molecule has 0 saturated heterocycles. The van der Waals surface area contributed by atoms with E-state index in [0.29, 0.717) is 5.92 Å². The van der Waals surface area contributed by atoms with E-state index in [1.165, 1.54) is 33.8 Å². The molecule has 1 unspecified atom stereocenters. The van der Waals surface area contributed by atoms with Crippen LogP contribution in [0, 0.1) is 0 Å². The molecule has 2 aromatic carbocycles. The molecule has 3 rings (SSSR count). The van der Waals surface area contributed by atoms with Crippen LogP contribution in [0.25, 0.3) is 10.9 Å². The third-order valence-electron chi connectivity index (χ3n) is 4.24. The molecule has 0 aliphatic carbocycles. The van der Waals surface area contributed by atoms with Crippen molar-refractivity contribution in [1.82, 2.24) is 4.98 Å². The molecule has 112 valence electrons. The van der Waals surface area contributed by atoms with E-state index < -0.39 is 0 Å². The van der Waals surface area contributed by atoms with Gasteiger partial charge in [0.2, 0.25) is 0 Å². The third kappa shape index (κ3) is 3.38. The molecule has 1 atom stereocenters. The molecule has 0 amide bonds. The van der Waals surface area contributed by atoms with Crippen LogP contribution >= 0.6 is 15.9 Å². The van der Waals surface area contributed by atoms with Gasteiger partial charge in [-0.15, -0.1) is 0 Å². The van der Waals surface area contributed by atoms with Crippen molar-refractivity contribution in [3.05, 3.63) is 76.4 Å². The number of rotatable bonds is 5. The smallest absolute Gasteiger partial charge is 0.0733 e. The summed E-state index contributed by atoms with van der Waals surface area (Å²) >= 11 is 3.66. The van der Waals surface area contributed by atoms with Crippen LogP contribution in [0.4, 0.5) is 0 Å². The van der Waals surface area contributed by atoms with Gasteiger partial charge in [0.05, 0.1) is 5.52 Å². The van der Waals surface area contributed by atoms with E-state index in [1.54, 1.807) is 0 Å². The van der Waals surface area contributed by atoms with E-state index in [9.17, 15) is 0 Å². The minimum absolute atomic E-state index is 0.568. The molecule has 0 aliphatic heterocycles. The Balaban J connectivity index is 1.66. The molecule has 0 N–H and O–H groups in total. The molecular formula is C20H20BrN. The number of aromatic nitrogens is 1. The molecule has 1 heterocycles. The summed E-state index contributed by atoms with van der Waals surface area (Å²) in [4.78, 5) is 4.54. The number of benzene rings is 2. The first kappa shape index (κ1) is 15.2. The third-order valence-corrected chi connectivity index (χ3v) is 4.96. The van der Waals surface area contributed by atoms with Crippen molar-refractivity contribution in [1.29, 1.82) is 0 Å². The van der Waals surface area contributed by atoms with Crippen LogP contribution in [0.2, 0.25) is 0 Å². The lowest BCUT2D eigenvalue weighted by atomic mass is 9.94. The number of hydrogen-bond acceptors (Lipinski definition) is 1. The average Bonchev–Trinajstić information content (AvgIpc) is 2.55. The van der Waals surface area contributed by atoms with E-state index in [0.717, 1.165) is 11.9 Å². The maximum atomic E-state index is 4.54. The molecule has 0 fully saturated rings. The summed E-state index contributed by atoms with van der Waals surface area (Å²) in [6.45, 7) is 2.31. The fourth-order valence-electron chi connectivity index (χ4n) is 3.00. The van der Waals surface area contributed by atoms with Crippen molar-refractivity contribution < 1.29 is 0 Å². The summed E-state index contributed by atoms with van der Waals surface area (Å²) in [5.74, 6) is 0.568. The van der Waals surface area contributed by atoms with Crippen LogP contribution in [-0.4, -0.2) is 4.98 Å². The Labute approximate surface area is 140 Å². The number of aryl methyl sites for hydroxylation is 1. The highest BCUT2D eigenvalue weighted by Crippen LogP contribution is 2.28. The molecule has 2 heteroatoms. The normalized spacial score (nSPS) is 12.5. The SMILES string of the molecule is CC(CCCc1cccc2cccnc12)c1ccccc1Br. The van der Waals surface area contributed by atoms with Gasteiger partial charge in [-0.2, -0.15) is 0 Å². The Morgan fingerprint density at radius 2 is 1.82 bits per heavy atom. The van der Waals surface area contributed by atoms with Crippen molar-refractivity contribution in [3.8, 4) is 0 Å². The fourth-order valence-corrected chi connectivity index (χ4v) is 3.67. The topological polar surface area (TPSA) is 12.9 Å². The van der Waals surface area contributed by atoms with Gasteiger partial charge in [-0.1, -0.05) is 65.3 Å². The molecular weight excluding hydrogens is 334 g/mol. The lowest BCUT2D eigenvalue weighted by Crippen LogP contribution is -1.97. The van der Waals surface area contributed by atoms with E-state index in [2.05, 4.69) is 76.4 Å². The Morgan fingerprint density at radius 1 is 1.00 bits per heavy atom. The van der Waals surface area contributed by atoms with E-state index >= 15 is 0 Å². The molecule has 1 aromatic heterocycles. The van der Waals surface area contributed by atoms with Crippen LogP contribution in [0.15, 0.2) is 65.3 Å². The minimum Gasteiger partial charge on any atom is -0.256 e. The first-order valence-corrected chi connectivity index (χ1v) is 8.62. The highest BCUT2D eigenvalue weighted by atomic mass is 79.9. The van der Waals surface area contributed by atoms with Crippen molar-refractivity contribution in [2.24, 2.45) is 0 Å². The fraction of sp³-hybridized carbons (Fsp3) is 0.250. The monoisotopic (exact) mass is 353 g/mol. The van der Waals surface area contributed by atoms with E-state index in [4.69, 9.17) is 0 Å². The van der Waals surface area contributed by atoms with Gasteiger partial charge in [0.1, 0.15) is 0 Å². The minimum atomic E-state index is 0.568. The number of para-hydroxylation sites is 1. The zero-order valence-corrected chi connectivity index (χ0v) is 14.4. The predicted octanol–water partition coefficient (Wildman–Crippen LogP) is 6.12. The van der Waals surface area contributed by atoms with Gasteiger partial charge >= 0.3 is 0 Å². The second-order valence-electron chi connectivity index (χ2n) is 5.81. The summed E-state index contributed by atoms with van der Waals surface area (Å²) in [5.41, 5.74) is 3.91. The summed E-state index contributed by atoms with van der Waals surface area (Å²) in [6.07, 6.45) is 5.34. The number of pyridine rings is 1. The second kappa shape index (κ2) is 7.06. The van der Waals surface area contributed by atoms with Gasteiger partial charge in [0.15, 0.2) is 0 Å². The molecule has 22 heavy (non-hydrogen) atoms. The second-order valence-corrected chi connectivity index (χ2v) is 6.66. The van der Waals surface area contributed by atoms with Gasteiger partial charge in [-0.3, -0.25) is 4.98 Å². The van der Waals surface area contributed by atoms with Crippen LogP contribution in [-0.2, 0) is 6.42 Å². The van der Waals surface area contributed by atoms with Crippen LogP contribution in [0.3, 0.4) is 0 Å². The molecule has 3 aromatic rings. The number of hydrogen-bond donors (Lipinski definition) is 0. The quantitative estimate of drug-likeness (QED) is 0.538. The van der Waals surface area contributed by atoms with Gasteiger partial charge < -0.3 is 0 Å². The largest absolute Gasteiger partial charge is 0.256 e. The zero-order chi connectivity index (χ0) is 15.4. The van der Waals surface area contributed by atoms with Crippen LogP contribution < -0.4 is 0 Å². The molecule has 1 nitrogen and oxygen atoms in total. The highest BCUT2D eigenvalue weighted by molar-refractivity contribution is 9.10. The summed E-state index contributed by atoms with van der Waals surface area (Å²) in [5, 5.41) is 1.24. The summed E-state index contributed by atoms with van der Waals surface area (Å²) in [7, 11) is 0. The van der Waals surface area contributed by atoms with Gasteiger partial charge in [-0.05, 0) is 48.4 Å². The summed E-state index contributed by atoms with van der Waals surface area (Å²) in [6, 6.07) is 19.1. The summed E-state index contributed by atoms with van der Waals surface area (Å²) < 4.78 is 1.22. The predicted molar refractivity (Wildman–Crippen MR) is 97.2 cm³/mol. The zero-order valence-electron chi connectivity index (χ0n) is 12.8. The number of nitrogens with zero attached hydrogens (tertiary/aromatic N) is 1. The highest BCUT2D eigenvalue weighted by Gasteiger charge is 2.09. The standard InChI is InChI=1S/C20H20BrN/c1-15(18-12-2-3-13-19(18)21)7-4-8-16-9-5-10-17-11-6-14-22-20(16)17/h2-3,5-6,9-15H,4,7-8H2,1H3. The van der Waals surface area contributed by atoms with E-state index in [1.807, 2.05) is 12.3 Å². The van der Waals surface area contributed by atoms with Gasteiger partial charge in [0.25, 0.3) is 0 Å². The average molecular weight is 354 g/mol. The molecule has 0 saturated carbocycles.